The Kier molecular flexibility index (Phi) is 3.95. The van der Waals surface area contributed by atoms with E-state index in [2.05, 4.69) is 68.9 Å². The lowest BCUT2D eigenvalue weighted by Crippen LogP contribution is -2.00. The van der Waals surface area contributed by atoms with Crippen LogP contribution in [0.1, 0.15) is 23.6 Å². The Morgan fingerprint density at radius 1 is 0.917 bits per heavy atom. The summed E-state index contributed by atoms with van der Waals surface area (Å²) in [5.74, 6) is 0. The molecule has 3 heteroatoms. The van der Waals surface area contributed by atoms with Crippen LogP contribution in [0.5, 0.6) is 0 Å². The maximum absolute atomic E-state index is 4.52. The van der Waals surface area contributed by atoms with Gasteiger partial charge in [-0.2, -0.15) is 5.10 Å². The lowest BCUT2D eigenvalue weighted by Gasteiger charge is -2.06. The van der Waals surface area contributed by atoms with Crippen molar-refractivity contribution in [3.05, 3.63) is 87.9 Å². The molecule has 2 nitrogen and oxygen atoms in total. The Bertz CT molecular complexity index is 927. The molecule has 4 rings (SSSR count). The largest absolute Gasteiger partial charge is 0.278 e. The molecule has 1 aliphatic carbocycles. The molecule has 0 saturated carbocycles. The fourth-order valence-electron chi connectivity index (χ4n) is 3.11. The van der Waals surface area contributed by atoms with Crippen LogP contribution in [-0.4, -0.2) is 5.71 Å². The molecule has 0 unspecified atom stereocenters. The van der Waals surface area contributed by atoms with Gasteiger partial charge in [-0.15, -0.1) is 0 Å². The van der Waals surface area contributed by atoms with Crippen molar-refractivity contribution in [1.82, 2.24) is 0 Å². The van der Waals surface area contributed by atoms with Gasteiger partial charge >= 0.3 is 0 Å². The Morgan fingerprint density at radius 2 is 1.67 bits per heavy atom. The summed E-state index contributed by atoms with van der Waals surface area (Å²) < 4.78 is 1.06. The SMILES string of the molecule is C/C(=N/Nc1ccc(Br)cc1)c1ccc2c(c1)Cc1ccccc1-2. The number of nitrogens with zero attached hydrogens (tertiary/aromatic N) is 1. The van der Waals surface area contributed by atoms with Crippen molar-refractivity contribution >= 4 is 27.3 Å². The van der Waals surface area contributed by atoms with Crippen LogP contribution >= 0.6 is 15.9 Å². The molecule has 3 aromatic carbocycles. The van der Waals surface area contributed by atoms with E-state index in [1.165, 1.54) is 22.3 Å². The van der Waals surface area contributed by atoms with Crippen LogP contribution in [0.25, 0.3) is 11.1 Å². The Labute approximate surface area is 150 Å². The number of fused-ring (bicyclic) bond motifs is 3. The van der Waals surface area contributed by atoms with E-state index < -0.39 is 0 Å². The zero-order valence-corrected chi connectivity index (χ0v) is 15.0. The van der Waals surface area contributed by atoms with Gasteiger partial charge in [-0.25, -0.2) is 0 Å². The standard InChI is InChI=1S/C21H17BrN2/c1-14(23-24-19-9-7-18(22)8-10-19)15-6-11-21-17(12-15)13-16-4-2-3-5-20(16)21/h2-12,24H,13H2,1H3/b23-14-. The number of anilines is 1. The lowest BCUT2D eigenvalue weighted by atomic mass is 10.0. The Balaban J connectivity index is 1.58. The third-order valence-corrected chi connectivity index (χ3v) is 4.94. The van der Waals surface area contributed by atoms with Gasteiger partial charge in [0.25, 0.3) is 0 Å². The number of hydrogen-bond acceptors (Lipinski definition) is 2. The summed E-state index contributed by atoms with van der Waals surface area (Å²) >= 11 is 3.44. The summed E-state index contributed by atoms with van der Waals surface area (Å²) in [5, 5.41) is 4.52. The van der Waals surface area contributed by atoms with Crippen molar-refractivity contribution in [3.63, 3.8) is 0 Å². The van der Waals surface area contributed by atoms with E-state index >= 15 is 0 Å². The van der Waals surface area contributed by atoms with Gasteiger partial charge in [0, 0.05) is 4.47 Å². The van der Waals surface area contributed by atoms with E-state index in [1.54, 1.807) is 0 Å². The highest BCUT2D eigenvalue weighted by molar-refractivity contribution is 9.10. The molecule has 118 valence electrons. The minimum Gasteiger partial charge on any atom is -0.278 e. The molecule has 0 heterocycles. The van der Waals surface area contributed by atoms with Crippen molar-refractivity contribution in [2.45, 2.75) is 13.3 Å². The van der Waals surface area contributed by atoms with Crippen LogP contribution in [0.2, 0.25) is 0 Å². The quantitative estimate of drug-likeness (QED) is 0.351. The van der Waals surface area contributed by atoms with Gasteiger partial charge < -0.3 is 0 Å². The third-order valence-electron chi connectivity index (χ3n) is 4.41. The number of hydrazone groups is 1. The van der Waals surface area contributed by atoms with Crippen LogP contribution in [0, 0.1) is 0 Å². The first kappa shape index (κ1) is 15.2. The molecule has 1 N–H and O–H groups in total. The second kappa shape index (κ2) is 6.25. The number of rotatable bonds is 3. The van der Waals surface area contributed by atoms with Crippen molar-refractivity contribution in [2.24, 2.45) is 5.10 Å². The fraction of sp³-hybridized carbons (Fsp3) is 0.0952. The third kappa shape index (κ3) is 2.87. The monoisotopic (exact) mass is 376 g/mol. The van der Waals surface area contributed by atoms with E-state index in [1.807, 2.05) is 31.2 Å². The van der Waals surface area contributed by atoms with Crippen LogP contribution in [-0.2, 0) is 6.42 Å². The van der Waals surface area contributed by atoms with E-state index in [-0.39, 0.29) is 0 Å². The second-order valence-corrected chi connectivity index (χ2v) is 6.94. The van der Waals surface area contributed by atoms with Crippen molar-refractivity contribution < 1.29 is 0 Å². The van der Waals surface area contributed by atoms with Gasteiger partial charge in [0.2, 0.25) is 0 Å². The van der Waals surface area contributed by atoms with E-state index in [0.29, 0.717) is 0 Å². The summed E-state index contributed by atoms with van der Waals surface area (Å²) in [5.41, 5.74) is 11.7. The summed E-state index contributed by atoms with van der Waals surface area (Å²) in [4.78, 5) is 0. The average Bonchev–Trinajstić information content (AvgIpc) is 2.98. The van der Waals surface area contributed by atoms with E-state index in [9.17, 15) is 0 Å². The predicted molar refractivity (Wildman–Crippen MR) is 105 cm³/mol. The maximum Gasteiger partial charge on any atom is 0.0648 e. The molecule has 3 aromatic rings. The minimum absolute atomic E-state index is 0.978. The first-order chi connectivity index (χ1) is 11.7. The van der Waals surface area contributed by atoms with E-state index in [4.69, 9.17) is 0 Å². The number of hydrogen-bond donors (Lipinski definition) is 1. The Hall–Kier alpha value is -2.39. The second-order valence-electron chi connectivity index (χ2n) is 6.02. The molecule has 0 amide bonds. The van der Waals surface area contributed by atoms with Crippen molar-refractivity contribution in [1.29, 1.82) is 0 Å². The van der Waals surface area contributed by atoms with Gasteiger partial charge in [-0.05, 0) is 71.5 Å². The minimum atomic E-state index is 0.978. The molecular formula is C21H17BrN2. The van der Waals surface area contributed by atoms with Gasteiger partial charge in [0.05, 0.1) is 11.4 Å². The van der Waals surface area contributed by atoms with Gasteiger partial charge in [0.1, 0.15) is 0 Å². The molecule has 0 fully saturated rings. The van der Waals surface area contributed by atoms with Gasteiger partial charge in [-0.3, -0.25) is 5.43 Å². The maximum atomic E-state index is 4.52. The molecule has 1 aliphatic rings. The highest BCUT2D eigenvalue weighted by atomic mass is 79.9. The topological polar surface area (TPSA) is 24.4 Å². The van der Waals surface area contributed by atoms with Crippen LogP contribution in [0.4, 0.5) is 5.69 Å². The molecule has 0 spiro atoms. The van der Waals surface area contributed by atoms with Crippen molar-refractivity contribution in [3.8, 4) is 11.1 Å². The van der Waals surface area contributed by atoms with Crippen LogP contribution < -0.4 is 5.43 Å². The summed E-state index contributed by atoms with van der Waals surface area (Å²) in [6.45, 7) is 2.04. The fourth-order valence-corrected chi connectivity index (χ4v) is 3.37. The molecule has 0 atom stereocenters. The number of benzene rings is 3. The first-order valence-corrected chi connectivity index (χ1v) is 8.77. The molecule has 0 aromatic heterocycles. The molecule has 0 saturated heterocycles. The molecule has 0 aliphatic heterocycles. The molecular weight excluding hydrogens is 360 g/mol. The number of halogens is 1. The van der Waals surface area contributed by atoms with Crippen molar-refractivity contribution in [2.75, 3.05) is 5.43 Å². The molecule has 0 bridgehead atoms. The predicted octanol–water partition coefficient (Wildman–Crippen LogP) is 5.86. The number of nitrogens with one attached hydrogen (secondary N) is 1. The Morgan fingerprint density at radius 3 is 2.50 bits per heavy atom. The average molecular weight is 377 g/mol. The van der Waals surface area contributed by atoms with Gasteiger partial charge in [0.15, 0.2) is 0 Å². The zero-order chi connectivity index (χ0) is 16.5. The van der Waals surface area contributed by atoms with Crippen LogP contribution in [0.15, 0.2) is 76.3 Å². The van der Waals surface area contributed by atoms with Crippen LogP contribution in [0.3, 0.4) is 0 Å². The summed E-state index contributed by atoms with van der Waals surface area (Å²) in [6.07, 6.45) is 1.01. The lowest BCUT2D eigenvalue weighted by molar-refractivity contribution is 1.25. The zero-order valence-electron chi connectivity index (χ0n) is 13.4. The molecule has 24 heavy (non-hydrogen) atoms. The molecule has 0 radical (unpaired) electrons. The highest BCUT2D eigenvalue weighted by Crippen LogP contribution is 2.36. The first-order valence-electron chi connectivity index (χ1n) is 7.98. The summed E-state index contributed by atoms with van der Waals surface area (Å²) in [7, 11) is 0. The van der Waals surface area contributed by atoms with Gasteiger partial charge in [-0.1, -0.05) is 52.3 Å². The summed E-state index contributed by atoms with van der Waals surface area (Å²) in [6, 6.07) is 23.3. The smallest absolute Gasteiger partial charge is 0.0648 e. The van der Waals surface area contributed by atoms with E-state index in [0.717, 1.165) is 27.9 Å². The highest BCUT2D eigenvalue weighted by Gasteiger charge is 2.18. The normalized spacial score (nSPS) is 12.7.